The van der Waals surface area contributed by atoms with Crippen molar-refractivity contribution in [2.45, 2.75) is 45.6 Å². The van der Waals surface area contributed by atoms with Gasteiger partial charge in [-0.25, -0.2) is 0 Å². The quantitative estimate of drug-likeness (QED) is 0.737. The summed E-state index contributed by atoms with van der Waals surface area (Å²) in [5, 5.41) is 8.73. The topological polar surface area (TPSA) is 42.2 Å². The molecule has 1 fully saturated rings. The van der Waals surface area contributed by atoms with Crippen molar-refractivity contribution in [2.24, 2.45) is 11.8 Å². The molecule has 21 heavy (non-hydrogen) atoms. The fourth-order valence-corrected chi connectivity index (χ4v) is 2.77. The smallest absolute Gasteiger partial charge is 0.119 e. The van der Waals surface area contributed by atoms with Crippen molar-refractivity contribution < 1.29 is 9.47 Å². The lowest BCUT2D eigenvalue weighted by atomic mass is 9.80. The molecule has 0 bridgehead atoms. The Balaban J connectivity index is 1.58. The maximum absolute atomic E-state index is 8.73. The Labute approximate surface area is 127 Å². The SMILES string of the molecule is CC1CCC(OCCCOc2ccc(C#N)cc2)CC1C. The summed E-state index contributed by atoms with van der Waals surface area (Å²) in [6.07, 6.45) is 5.01. The van der Waals surface area contributed by atoms with Gasteiger partial charge in [-0.05, 0) is 55.4 Å². The average Bonchev–Trinajstić information content (AvgIpc) is 2.51. The Bertz CT molecular complexity index is 463. The van der Waals surface area contributed by atoms with Gasteiger partial charge in [0.15, 0.2) is 0 Å². The lowest BCUT2D eigenvalue weighted by molar-refractivity contribution is -0.00160. The molecule has 0 radical (unpaired) electrons. The van der Waals surface area contributed by atoms with E-state index < -0.39 is 0 Å². The molecule has 0 saturated heterocycles. The molecule has 3 unspecified atom stereocenters. The highest BCUT2D eigenvalue weighted by Crippen LogP contribution is 2.30. The van der Waals surface area contributed by atoms with Gasteiger partial charge >= 0.3 is 0 Å². The van der Waals surface area contributed by atoms with Crippen molar-refractivity contribution in [1.82, 2.24) is 0 Å². The zero-order chi connectivity index (χ0) is 15.1. The average molecular weight is 287 g/mol. The molecule has 1 saturated carbocycles. The predicted octanol–water partition coefficient (Wildman–Crippen LogP) is 4.17. The number of ether oxygens (including phenoxy) is 2. The molecule has 0 spiro atoms. The molecule has 1 aromatic rings. The van der Waals surface area contributed by atoms with Crippen LogP contribution in [0.5, 0.6) is 5.75 Å². The molecule has 0 amide bonds. The highest BCUT2D eigenvalue weighted by Gasteiger charge is 2.24. The number of rotatable bonds is 6. The Hall–Kier alpha value is -1.53. The van der Waals surface area contributed by atoms with Crippen LogP contribution in [0.15, 0.2) is 24.3 Å². The van der Waals surface area contributed by atoms with Crippen molar-refractivity contribution in [1.29, 1.82) is 5.26 Å². The maximum atomic E-state index is 8.73. The third-order valence-corrected chi connectivity index (χ3v) is 4.44. The molecule has 0 aromatic heterocycles. The first kappa shape index (κ1) is 15.9. The van der Waals surface area contributed by atoms with Gasteiger partial charge in [0.05, 0.1) is 31.0 Å². The van der Waals surface area contributed by atoms with Crippen molar-refractivity contribution in [3.05, 3.63) is 29.8 Å². The largest absolute Gasteiger partial charge is 0.494 e. The summed E-state index contributed by atoms with van der Waals surface area (Å²) < 4.78 is 11.6. The monoisotopic (exact) mass is 287 g/mol. The fraction of sp³-hybridized carbons (Fsp3) is 0.611. The molecule has 1 aliphatic rings. The van der Waals surface area contributed by atoms with Crippen molar-refractivity contribution >= 4 is 0 Å². The number of nitriles is 1. The number of hydrogen-bond donors (Lipinski definition) is 0. The van der Waals surface area contributed by atoms with Gasteiger partial charge in [-0.15, -0.1) is 0 Å². The fourth-order valence-electron chi connectivity index (χ4n) is 2.77. The highest BCUT2D eigenvalue weighted by atomic mass is 16.5. The van der Waals surface area contributed by atoms with Crippen LogP contribution >= 0.6 is 0 Å². The van der Waals surface area contributed by atoms with E-state index in [1.54, 1.807) is 12.1 Å². The molecule has 3 atom stereocenters. The minimum absolute atomic E-state index is 0.436. The predicted molar refractivity (Wildman–Crippen MR) is 83.2 cm³/mol. The Morgan fingerprint density at radius 3 is 2.52 bits per heavy atom. The standard InChI is InChI=1S/C18H25NO2/c1-14-4-7-18(12-15(14)2)21-11-3-10-20-17-8-5-16(13-19)6-9-17/h5-6,8-9,14-15,18H,3-4,7,10-12H2,1-2H3. The maximum Gasteiger partial charge on any atom is 0.119 e. The number of nitrogens with zero attached hydrogens (tertiary/aromatic N) is 1. The van der Waals surface area contributed by atoms with Crippen LogP contribution in [0.3, 0.4) is 0 Å². The van der Waals surface area contributed by atoms with Gasteiger partial charge in [-0.3, -0.25) is 0 Å². The molecule has 0 aliphatic heterocycles. The molecular formula is C18H25NO2. The molecule has 1 aromatic carbocycles. The summed E-state index contributed by atoms with van der Waals surface area (Å²) in [6, 6.07) is 9.32. The van der Waals surface area contributed by atoms with Gasteiger partial charge in [0, 0.05) is 6.42 Å². The molecule has 1 aliphatic carbocycles. The summed E-state index contributed by atoms with van der Waals surface area (Å²) in [5.74, 6) is 2.43. The summed E-state index contributed by atoms with van der Waals surface area (Å²) >= 11 is 0. The van der Waals surface area contributed by atoms with Crippen LogP contribution in [-0.2, 0) is 4.74 Å². The van der Waals surface area contributed by atoms with Gasteiger partial charge in [0.25, 0.3) is 0 Å². The van der Waals surface area contributed by atoms with Crippen molar-refractivity contribution in [2.75, 3.05) is 13.2 Å². The van der Waals surface area contributed by atoms with Gasteiger partial charge in [-0.2, -0.15) is 5.26 Å². The molecule has 3 nitrogen and oxygen atoms in total. The second-order valence-electron chi connectivity index (χ2n) is 6.10. The van der Waals surface area contributed by atoms with E-state index in [-0.39, 0.29) is 0 Å². The van der Waals surface area contributed by atoms with Crippen LogP contribution in [0.25, 0.3) is 0 Å². The van der Waals surface area contributed by atoms with E-state index >= 15 is 0 Å². The Morgan fingerprint density at radius 2 is 1.86 bits per heavy atom. The third kappa shape index (κ3) is 5.06. The summed E-state index contributed by atoms with van der Waals surface area (Å²) in [7, 11) is 0. The van der Waals surface area contributed by atoms with Crippen LogP contribution < -0.4 is 4.74 Å². The van der Waals surface area contributed by atoms with E-state index in [1.165, 1.54) is 19.3 Å². The van der Waals surface area contributed by atoms with Gasteiger partial charge < -0.3 is 9.47 Å². The first-order chi connectivity index (χ1) is 10.2. The van der Waals surface area contributed by atoms with Gasteiger partial charge in [-0.1, -0.05) is 13.8 Å². The van der Waals surface area contributed by atoms with Gasteiger partial charge in [0.2, 0.25) is 0 Å². The second-order valence-corrected chi connectivity index (χ2v) is 6.10. The Morgan fingerprint density at radius 1 is 1.10 bits per heavy atom. The van der Waals surface area contributed by atoms with E-state index in [1.807, 2.05) is 12.1 Å². The zero-order valence-electron chi connectivity index (χ0n) is 13.0. The lowest BCUT2D eigenvalue weighted by Gasteiger charge is -2.31. The summed E-state index contributed by atoms with van der Waals surface area (Å²) in [5.41, 5.74) is 0.659. The molecule has 114 valence electrons. The number of benzene rings is 1. The second kappa shape index (κ2) is 8.05. The van der Waals surface area contributed by atoms with Gasteiger partial charge in [0.1, 0.15) is 5.75 Å². The van der Waals surface area contributed by atoms with Crippen LogP contribution in [-0.4, -0.2) is 19.3 Å². The third-order valence-electron chi connectivity index (χ3n) is 4.44. The van der Waals surface area contributed by atoms with Crippen LogP contribution in [0.4, 0.5) is 0 Å². The lowest BCUT2D eigenvalue weighted by Crippen LogP contribution is -2.27. The molecule has 3 heteroatoms. The minimum atomic E-state index is 0.436. The molecule has 0 heterocycles. The van der Waals surface area contributed by atoms with Crippen molar-refractivity contribution in [3.63, 3.8) is 0 Å². The van der Waals surface area contributed by atoms with Crippen LogP contribution in [0.1, 0.15) is 45.1 Å². The first-order valence-corrected chi connectivity index (χ1v) is 7.93. The zero-order valence-corrected chi connectivity index (χ0v) is 13.0. The highest BCUT2D eigenvalue weighted by molar-refractivity contribution is 5.34. The minimum Gasteiger partial charge on any atom is -0.494 e. The normalized spacial score (nSPS) is 25.3. The van der Waals surface area contributed by atoms with Crippen LogP contribution in [0, 0.1) is 23.2 Å². The van der Waals surface area contributed by atoms with E-state index in [9.17, 15) is 0 Å². The summed E-state index contributed by atoms with van der Waals surface area (Å²) in [6.45, 7) is 6.09. The van der Waals surface area contributed by atoms with E-state index in [2.05, 4.69) is 19.9 Å². The Kier molecular flexibility index (Phi) is 6.07. The van der Waals surface area contributed by atoms with Crippen LogP contribution in [0.2, 0.25) is 0 Å². The van der Waals surface area contributed by atoms with Crippen molar-refractivity contribution in [3.8, 4) is 11.8 Å². The number of hydrogen-bond acceptors (Lipinski definition) is 3. The molecule has 0 N–H and O–H groups in total. The molecule has 2 rings (SSSR count). The van der Waals surface area contributed by atoms with E-state index in [4.69, 9.17) is 14.7 Å². The summed E-state index contributed by atoms with van der Waals surface area (Å²) in [4.78, 5) is 0. The van der Waals surface area contributed by atoms with E-state index in [0.29, 0.717) is 18.3 Å². The van der Waals surface area contributed by atoms with E-state index in [0.717, 1.165) is 30.6 Å². The molecular weight excluding hydrogens is 262 g/mol. The first-order valence-electron chi connectivity index (χ1n) is 7.93.